The van der Waals surface area contributed by atoms with Crippen LogP contribution in [0.3, 0.4) is 0 Å². The van der Waals surface area contributed by atoms with Crippen LogP contribution in [-0.4, -0.2) is 27.0 Å². The molecule has 1 rings (SSSR count). The SMILES string of the molecule is CC(C)(C)C(C(=O)O)C(=O)Nc1ncccn1. The first-order chi connectivity index (χ1) is 7.82. The maximum atomic E-state index is 11.8. The lowest BCUT2D eigenvalue weighted by Gasteiger charge is -2.25. The van der Waals surface area contributed by atoms with Gasteiger partial charge in [-0.25, -0.2) is 9.97 Å². The summed E-state index contributed by atoms with van der Waals surface area (Å²) in [6.07, 6.45) is 2.94. The number of anilines is 1. The molecule has 92 valence electrons. The van der Waals surface area contributed by atoms with Crippen LogP contribution in [0.25, 0.3) is 0 Å². The molecule has 1 amide bonds. The van der Waals surface area contributed by atoms with E-state index in [-0.39, 0.29) is 5.95 Å². The number of nitrogens with zero attached hydrogens (tertiary/aromatic N) is 2. The highest BCUT2D eigenvalue weighted by molar-refractivity contribution is 6.04. The van der Waals surface area contributed by atoms with Crippen LogP contribution in [0.2, 0.25) is 0 Å². The number of hydrogen-bond donors (Lipinski definition) is 2. The van der Waals surface area contributed by atoms with Crippen molar-refractivity contribution in [3.8, 4) is 0 Å². The van der Waals surface area contributed by atoms with Gasteiger partial charge in [-0.3, -0.25) is 14.9 Å². The smallest absolute Gasteiger partial charge is 0.316 e. The van der Waals surface area contributed by atoms with Crippen molar-refractivity contribution in [3.05, 3.63) is 18.5 Å². The molecule has 1 unspecified atom stereocenters. The van der Waals surface area contributed by atoms with Gasteiger partial charge >= 0.3 is 5.97 Å². The van der Waals surface area contributed by atoms with E-state index >= 15 is 0 Å². The second-order valence-electron chi connectivity index (χ2n) is 4.70. The highest BCUT2D eigenvalue weighted by Gasteiger charge is 2.37. The molecule has 6 heteroatoms. The third kappa shape index (κ3) is 3.51. The third-order valence-corrected chi connectivity index (χ3v) is 2.18. The molecular formula is C11H15N3O3. The van der Waals surface area contributed by atoms with Crippen molar-refractivity contribution >= 4 is 17.8 Å². The minimum Gasteiger partial charge on any atom is -0.481 e. The quantitative estimate of drug-likeness (QED) is 0.769. The predicted molar refractivity (Wildman–Crippen MR) is 61.2 cm³/mol. The number of carboxylic acid groups (broad SMARTS) is 1. The Morgan fingerprint density at radius 1 is 1.29 bits per heavy atom. The zero-order valence-corrected chi connectivity index (χ0v) is 9.97. The van der Waals surface area contributed by atoms with Crippen LogP contribution in [0.4, 0.5) is 5.95 Å². The van der Waals surface area contributed by atoms with E-state index in [1.807, 2.05) is 0 Å². The van der Waals surface area contributed by atoms with Crippen LogP contribution < -0.4 is 5.32 Å². The Morgan fingerprint density at radius 2 is 1.82 bits per heavy atom. The summed E-state index contributed by atoms with van der Waals surface area (Å²) in [5, 5.41) is 11.4. The topological polar surface area (TPSA) is 92.2 Å². The van der Waals surface area contributed by atoms with E-state index in [0.717, 1.165) is 0 Å². The third-order valence-electron chi connectivity index (χ3n) is 2.18. The first kappa shape index (κ1) is 13.1. The lowest BCUT2D eigenvalue weighted by molar-refractivity contribution is -0.149. The van der Waals surface area contributed by atoms with Crippen molar-refractivity contribution in [2.24, 2.45) is 11.3 Å². The van der Waals surface area contributed by atoms with Crippen molar-refractivity contribution in [2.75, 3.05) is 5.32 Å². The van der Waals surface area contributed by atoms with Gasteiger partial charge < -0.3 is 5.11 Å². The molecule has 1 aromatic heterocycles. The molecule has 0 aromatic carbocycles. The van der Waals surface area contributed by atoms with E-state index in [9.17, 15) is 9.59 Å². The highest BCUT2D eigenvalue weighted by Crippen LogP contribution is 2.27. The standard InChI is InChI=1S/C11H15N3O3/c1-11(2,3)7(9(16)17)8(15)14-10-12-5-4-6-13-10/h4-7H,1-3H3,(H,16,17)(H,12,13,14,15). The second-order valence-corrected chi connectivity index (χ2v) is 4.70. The summed E-state index contributed by atoms with van der Waals surface area (Å²) in [7, 11) is 0. The maximum Gasteiger partial charge on any atom is 0.316 e. The molecule has 0 spiro atoms. The highest BCUT2D eigenvalue weighted by atomic mass is 16.4. The molecule has 0 radical (unpaired) electrons. The number of carbonyl (C=O) groups is 2. The second kappa shape index (κ2) is 4.90. The zero-order valence-electron chi connectivity index (χ0n) is 9.97. The van der Waals surface area contributed by atoms with Gasteiger partial charge in [0.25, 0.3) is 0 Å². The van der Waals surface area contributed by atoms with Crippen LogP contribution in [-0.2, 0) is 9.59 Å². The van der Waals surface area contributed by atoms with E-state index in [4.69, 9.17) is 5.11 Å². The lowest BCUT2D eigenvalue weighted by atomic mass is 9.80. The predicted octanol–water partition coefficient (Wildman–Crippen LogP) is 1.16. The van der Waals surface area contributed by atoms with Crippen LogP contribution in [0.5, 0.6) is 0 Å². The number of carboxylic acids is 1. The summed E-state index contributed by atoms with van der Waals surface area (Å²) in [5.74, 6) is -2.82. The molecule has 0 aliphatic carbocycles. The molecule has 1 aromatic rings. The molecule has 17 heavy (non-hydrogen) atoms. The Hall–Kier alpha value is -1.98. The molecule has 0 saturated heterocycles. The van der Waals surface area contributed by atoms with E-state index in [0.29, 0.717) is 0 Å². The maximum absolute atomic E-state index is 11.8. The average Bonchev–Trinajstić information content (AvgIpc) is 2.15. The van der Waals surface area contributed by atoms with Gasteiger partial charge in [0.15, 0.2) is 0 Å². The Kier molecular flexibility index (Phi) is 3.77. The number of nitrogens with one attached hydrogen (secondary N) is 1. The Balaban J connectivity index is 2.84. The number of carbonyl (C=O) groups excluding carboxylic acids is 1. The normalized spacial score (nSPS) is 12.9. The van der Waals surface area contributed by atoms with Gasteiger partial charge in [-0.05, 0) is 11.5 Å². The molecule has 0 saturated carbocycles. The van der Waals surface area contributed by atoms with Crippen molar-refractivity contribution in [2.45, 2.75) is 20.8 Å². The molecule has 1 heterocycles. The van der Waals surface area contributed by atoms with Crippen LogP contribution in [0.15, 0.2) is 18.5 Å². The van der Waals surface area contributed by atoms with E-state index < -0.39 is 23.2 Å². The molecule has 2 N–H and O–H groups in total. The summed E-state index contributed by atoms with van der Waals surface area (Å²) in [6.45, 7) is 5.08. The molecular weight excluding hydrogens is 222 g/mol. The van der Waals surface area contributed by atoms with E-state index in [1.165, 1.54) is 12.4 Å². The van der Waals surface area contributed by atoms with Crippen molar-refractivity contribution in [1.82, 2.24) is 9.97 Å². The van der Waals surface area contributed by atoms with Gasteiger partial charge in [0.1, 0.15) is 5.92 Å². The summed E-state index contributed by atoms with van der Waals surface area (Å²) in [4.78, 5) is 30.5. The van der Waals surface area contributed by atoms with Gasteiger partial charge in [0, 0.05) is 12.4 Å². The van der Waals surface area contributed by atoms with Gasteiger partial charge in [-0.15, -0.1) is 0 Å². The first-order valence-electron chi connectivity index (χ1n) is 5.13. The van der Waals surface area contributed by atoms with Crippen LogP contribution >= 0.6 is 0 Å². The van der Waals surface area contributed by atoms with Gasteiger partial charge in [0.05, 0.1) is 0 Å². The molecule has 0 fully saturated rings. The fourth-order valence-corrected chi connectivity index (χ4v) is 1.42. The zero-order chi connectivity index (χ0) is 13.1. The number of rotatable bonds is 3. The first-order valence-corrected chi connectivity index (χ1v) is 5.13. The minimum absolute atomic E-state index is 0.105. The van der Waals surface area contributed by atoms with Gasteiger partial charge in [-0.2, -0.15) is 0 Å². The fourth-order valence-electron chi connectivity index (χ4n) is 1.42. The minimum atomic E-state index is -1.16. The summed E-state index contributed by atoms with van der Waals surface area (Å²) >= 11 is 0. The number of hydrogen-bond acceptors (Lipinski definition) is 4. The molecule has 0 aliphatic heterocycles. The summed E-state index contributed by atoms with van der Waals surface area (Å²) in [5.41, 5.74) is -0.676. The monoisotopic (exact) mass is 237 g/mol. The van der Waals surface area contributed by atoms with Crippen molar-refractivity contribution in [3.63, 3.8) is 0 Å². The number of aliphatic carboxylic acids is 1. The molecule has 0 bridgehead atoms. The summed E-state index contributed by atoms with van der Waals surface area (Å²) in [6, 6.07) is 1.61. The molecule has 1 atom stereocenters. The molecule has 0 aliphatic rings. The Bertz CT molecular complexity index is 412. The van der Waals surface area contributed by atoms with Crippen molar-refractivity contribution in [1.29, 1.82) is 0 Å². The number of amides is 1. The van der Waals surface area contributed by atoms with E-state index in [1.54, 1.807) is 26.8 Å². The Labute approximate surface area is 99.1 Å². The summed E-state index contributed by atoms with van der Waals surface area (Å²) < 4.78 is 0. The van der Waals surface area contributed by atoms with Crippen molar-refractivity contribution < 1.29 is 14.7 Å². The largest absolute Gasteiger partial charge is 0.481 e. The van der Waals surface area contributed by atoms with Gasteiger partial charge in [-0.1, -0.05) is 20.8 Å². The average molecular weight is 237 g/mol. The fraction of sp³-hybridized carbons (Fsp3) is 0.455. The van der Waals surface area contributed by atoms with Gasteiger partial charge in [0.2, 0.25) is 11.9 Å². The molecule has 6 nitrogen and oxygen atoms in total. The van der Waals surface area contributed by atoms with Crippen LogP contribution in [0, 0.1) is 11.3 Å². The van der Waals surface area contributed by atoms with E-state index in [2.05, 4.69) is 15.3 Å². The van der Waals surface area contributed by atoms with Crippen LogP contribution in [0.1, 0.15) is 20.8 Å². The lowest BCUT2D eigenvalue weighted by Crippen LogP contribution is -2.39. The number of aromatic nitrogens is 2. The Morgan fingerprint density at radius 3 is 2.24 bits per heavy atom.